The number of aromatic nitrogens is 3. The first kappa shape index (κ1) is 15.1. The van der Waals surface area contributed by atoms with Crippen LogP contribution in [0.1, 0.15) is 13.3 Å². The summed E-state index contributed by atoms with van der Waals surface area (Å²) in [7, 11) is -2.95. The predicted octanol–water partition coefficient (Wildman–Crippen LogP) is 0.258. The average molecular weight is 322 g/mol. The van der Waals surface area contributed by atoms with Crippen molar-refractivity contribution in [3.8, 4) is 0 Å². The van der Waals surface area contributed by atoms with E-state index in [2.05, 4.69) is 10.3 Å². The maximum atomic E-state index is 12.4. The number of sulfone groups is 1. The molecule has 1 saturated heterocycles. The van der Waals surface area contributed by atoms with Crippen LogP contribution in [0.4, 0.5) is 0 Å². The molecular weight excluding hydrogens is 304 g/mol. The molecule has 1 aliphatic rings. The van der Waals surface area contributed by atoms with Crippen LogP contribution in [0.15, 0.2) is 29.1 Å². The molecule has 0 amide bonds. The van der Waals surface area contributed by atoms with Crippen molar-refractivity contribution in [1.82, 2.24) is 19.9 Å². The van der Waals surface area contributed by atoms with Gasteiger partial charge in [-0.15, -0.1) is 5.10 Å². The Hall–Kier alpha value is -1.80. The van der Waals surface area contributed by atoms with Crippen LogP contribution in [0.3, 0.4) is 0 Å². The van der Waals surface area contributed by atoms with Crippen molar-refractivity contribution in [2.24, 2.45) is 0 Å². The largest absolute Gasteiger partial charge is 0.280 e. The molecule has 0 saturated carbocycles. The van der Waals surface area contributed by atoms with Crippen LogP contribution in [-0.2, 0) is 16.5 Å². The highest BCUT2D eigenvalue weighted by molar-refractivity contribution is 7.91. The molecule has 1 fully saturated rings. The van der Waals surface area contributed by atoms with E-state index in [9.17, 15) is 13.2 Å². The standard InChI is InChI=1S/C14H18N4O3S/c1-2-17(11-7-8-22(20,21)9-11)10-18-14(19)12-5-3-4-6-13(12)15-16-18/h3-6,11H,2,7-10H2,1H3/t11-/m0/s1. The van der Waals surface area contributed by atoms with Gasteiger partial charge < -0.3 is 0 Å². The van der Waals surface area contributed by atoms with Crippen molar-refractivity contribution >= 4 is 20.7 Å². The highest BCUT2D eigenvalue weighted by atomic mass is 32.2. The van der Waals surface area contributed by atoms with Gasteiger partial charge in [0, 0.05) is 6.04 Å². The summed E-state index contributed by atoms with van der Waals surface area (Å²) in [6.45, 7) is 2.86. The maximum absolute atomic E-state index is 12.4. The molecule has 118 valence electrons. The SMILES string of the molecule is CCN(Cn1nnc2ccccc2c1=O)[C@H]1CCS(=O)(=O)C1. The topological polar surface area (TPSA) is 85.2 Å². The predicted molar refractivity (Wildman–Crippen MR) is 83.2 cm³/mol. The fraction of sp³-hybridized carbons (Fsp3) is 0.500. The van der Waals surface area contributed by atoms with Crippen molar-refractivity contribution in [3.05, 3.63) is 34.6 Å². The fourth-order valence-corrected chi connectivity index (χ4v) is 4.59. The van der Waals surface area contributed by atoms with Gasteiger partial charge >= 0.3 is 0 Å². The van der Waals surface area contributed by atoms with E-state index in [4.69, 9.17) is 0 Å². The quantitative estimate of drug-likeness (QED) is 0.802. The van der Waals surface area contributed by atoms with Crippen molar-refractivity contribution in [2.45, 2.75) is 26.1 Å². The fourth-order valence-electron chi connectivity index (χ4n) is 2.83. The van der Waals surface area contributed by atoms with Gasteiger partial charge in [-0.1, -0.05) is 24.3 Å². The average Bonchev–Trinajstić information content (AvgIpc) is 2.87. The van der Waals surface area contributed by atoms with Crippen LogP contribution in [0.5, 0.6) is 0 Å². The van der Waals surface area contributed by atoms with E-state index >= 15 is 0 Å². The monoisotopic (exact) mass is 322 g/mol. The Morgan fingerprint density at radius 1 is 1.36 bits per heavy atom. The summed E-state index contributed by atoms with van der Waals surface area (Å²) in [5.41, 5.74) is 0.361. The lowest BCUT2D eigenvalue weighted by molar-refractivity contribution is 0.159. The van der Waals surface area contributed by atoms with Crippen LogP contribution >= 0.6 is 0 Å². The highest BCUT2D eigenvalue weighted by Gasteiger charge is 2.31. The van der Waals surface area contributed by atoms with Gasteiger partial charge in [-0.3, -0.25) is 9.69 Å². The molecule has 3 rings (SSSR count). The normalized spacial score (nSPS) is 20.7. The Balaban J connectivity index is 1.88. The molecule has 0 radical (unpaired) electrons. The summed E-state index contributed by atoms with van der Waals surface area (Å²) in [5, 5.41) is 8.54. The van der Waals surface area contributed by atoms with Crippen molar-refractivity contribution in [3.63, 3.8) is 0 Å². The first-order chi connectivity index (χ1) is 10.5. The number of nitrogens with zero attached hydrogens (tertiary/aromatic N) is 4. The van der Waals surface area contributed by atoms with Crippen LogP contribution in [-0.4, -0.2) is 52.4 Å². The lowest BCUT2D eigenvalue weighted by Crippen LogP contribution is -2.41. The molecule has 8 heteroatoms. The molecule has 0 bridgehead atoms. The lowest BCUT2D eigenvalue weighted by atomic mass is 10.2. The first-order valence-corrected chi connectivity index (χ1v) is 9.09. The first-order valence-electron chi connectivity index (χ1n) is 7.27. The molecule has 0 N–H and O–H groups in total. The summed E-state index contributed by atoms with van der Waals surface area (Å²) in [5.74, 6) is 0.364. The van der Waals surface area contributed by atoms with Gasteiger partial charge in [0.05, 0.1) is 23.6 Å². The van der Waals surface area contributed by atoms with Gasteiger partial charge in [0.1, 0.15) is 5.52 Å². The van der Waals surface area contributed by atoms with Gasteiger partial charge in [-0.2, -0.15) is 4.68 Å². The summed E-state index contributed by atoms with van der Waals surface area (Å²) < 4.78 is 24.6. The van der Waals surface area contributed by atoms with Gasteiger partial charge in [0.2, 0.25) is 0 Å². The van der Waals surface area contributed by atoms with Gasteiger partial charge in [-0.25, -0.2) is 8.42 Å². The zero-order valence-electron chi connectivity index (χ0n) is 12.3. The minimum absolute atomic E-state index is 0.0600. The Kier molecular flexibility index (Phi) is 3.96. The van der Waals surface area contributed by atoms with Gasteiger partial charge in [0.25, 0.3) is 5.56 Å². The van der Waals surface area contributed by atoms with Crippen LogP contribution in [0.25, 0.3) is 10.9 Å². The molecule has 1 atom stereocenters. The Bertz CT molecular complexity index is 847. The number of hydrogen-bond acceptors (Lipinski definition) is 6. The number of fused-ring (bicyclic) bond motifs is 1. The number of rotatable bonds is 4. The minimum atomic E-state index is -2.95. The third-order valence-electron chi connectivity index (χ3n) is 4.08. The van der Waals surface area contributed by atoms with Gasteiger partial charge in [0.15, 0.2) is 9.84 Å². The van der Waals surface area contributed by atoms with Crippen molar-refractivity contribution in [2.75, 3.05) is 18.1 Å². The zero-order chi connectivity index (χ0) is 15.7. The molecule has 2 aromatic rings. The molecule has 1 aromatic heterocycles. The Morgan fingerprint density at radius 2 is 2.14 bits per heavy atom. The second-order valence-corrected chi connectivity index (χ2v) is 7.74. The Labute approximate surface area is 128 Å². The molecular formula is C14H18N4O3S. The molecule has 0 unspecified atom stereocenters. The van der Waals surface area contributed by atoms with Gasteiger partial charge in [-0.05, 0) is 25.1 Å². The molecule has 1 aromatic carbocycles. The van der Waals surface area contributed by atoms with E-state index < -0.39 is 9.84 Å². The van der Waals surface area contributed by atoms with E-state index in [-0.39, 0.29) is 29.8 Å². The summed E-state index contributed by atoms with van der Waals surface area (Å²) in [6.07, 6.45) is 0.603. The van der Waals surface area contributed by atoms with Crippen molar-refractivity contribution < 1.29 is 8.42 Å². The van der Waals surface area contributed by atoms with E-state index in [1.54, 1.807) is 18.2 Å². The van der Waals surface area contributed by atoms with E-state index in [1.807, 2.05) is 17.9 Å². The lowest BCUT2D eigenvalue weighted by Gasteiger charge is -2.26. The maximum Gasteiger partial charge on any atom is 0.278 e. The van der Waals surface area contributed by atoms with E-state index in [0.717, 1.165) is 0 Å². The van der Waals surface area contributed by atoms with Crippen LogP contribution in [0.2, 0.25) is 0 Å². The second kappa shape index (κ2) is 5.77. The van der Waals surface area contributed by atoms with Crippen molar-refractivity contribution in [1.29, 1.82) is 0 Å². The minimum Gasteiger partial charge on any atom is -0.280 e. The molecule has 0 aliphatic carbocycles. The smallest absolute Gasteiger partial charge is 0.278 e. The number of hydrogen-bond donors (Lipinski definition) is 0. The third kappa shape index (κ3) is 2.89. The van der Waals surface area contributed by atoms with E-state index in [1.165, 1.54) is 4.68 Å². The van der Waals surface area contributed by atoms with Crippen LogP contribution < -0.4 is 5.56 Å². The highest BCUT2D eigenvalue weighted by Crippen LogP contribution is 2.17. The molecule has 1 aliphatic heterocycles. The summed E-state index contributed by atoms with van der Waals surface area (Å²) >= 11 is 0. The molecule has 22 heavy (non-hydrogen) atoms. The third-order valence-corrected chi connectivity index (χ3v) is 5.83. The van der Waals surface area contributed by atoms with E-state index in [0.29, 0.717) is 23.9 Å². The summed E-state index contributed by atoms with van der Waals surface area (Å²) in [6, 6.07) is 7.00. The molecule has 0 spiro atoms. The van der Waals surface area contributed by atoms with Crippen LogP contribution in [0, 0.1) is 0 Å². The second-order valence-electron chi connectivity index (χ2n) is 5.51. The number of benzene rings is 1. The Morgan fingerprint density at radius 3 is 2.82 bits per heavy atom. The molecule has 7 nitrogen and oxygen atoms in total. The molecule has 2 heterocycles. The summed E-state index contributed by atoms with van der Waals surface area (Å²) in [4.78, 5) is 14.4. The zero-order valence-corrected chi connectivity index (χ0v) is 13.2.